The summed E-state index contributed by atoms with van der Waals surface area (Å²) in [6.45, 7) is 8.94. The van der Waals surface area contributed by atoms with Crippen LogP contribution in [0.1, 0.15) is 70.4 Å². The Bertz CT molecular complexity index is 1340. The van der Waals surface area contributed by atoms with E-state index in [0.29, 0.717) is 30.9 Å². The Morgan fingerprint density at radius 2 is 1.47 bits per heavy atom. The normalized spacial score (nSPS) is 20.6. The maximum Gasteiger partial charge on any atom is 0.174 e. The lowest BCUT2D eigenvalue weighted by Gasteiger charge is -2.44. The van der Waals surface area contributed by atoms with E-state index in [9.17, 15) is 9.59 Å². The molecule has 1 heterocycles. The Kier molecular flexibility index (Phi) is 7.31. The molecule has 200 valence electrons. The number of ether oxygens (including phenoxy) is 2. The molecule has 0 fully saturated rings. The van der Waals surface area contributed by atoms with Crippen molar-refractivity contribution in [1.82, 2.24) is 5.32 Å². The molecule has 1 N–H and O–H groups in total. The minimum atomic E-state index is -0.406. The molecule has 5 nitrogen and oxygen atoms in total. The summed E-state index contributed by atoms with van der Waals surface area (Å²) in [4.78, 5) is 27.3. The zero-order valence-corrected chi connectivity index (χ0v) is 26.2. The van der Waals surface area contributed by atoms with Crippen molar-refractivity contribution in [2.24, 2.45) is 10.8 Å². The van der Waals surface area contributed by atoms with Crippen molar-refractivity contribution in [3.8, 4) is 11.5 Å². The Labute approximate surface area is 246 Å². The zero-order valence-electron chi connectivity index (χ0n) is 22.5. The maximum absolute atomic E-state index is 13.6. The minimum Gasteiger partial charge on any atom is -0.493 e. The minimum absolute atomic E-state index is 0.113. The fourth-order valence-electron chi connectivity index (χ4n) is 6.00. The molecule has 0 saturated carbocycles. The molecule has 0 amide bonds. The second kappa shape index (κ2) is 10.1. The number of allylic oxidation sites excluding steroid dienone is 4. The average molecular weight is 690 g/mol. The van der Waals surface area contributed by atoms with Gasteiger partial charge in [-0.3, -0.25) is 9.59 Å². The highest BCUT2D eigenvalue weighted by Crippen LogP contribution is 2.52. The predicted molar refractivity (Wildman–Crippen MR) is 160 cm³/mol. The summed E-state index contributed by atoms with van der Waals surface area (Å²) in [5.41, 5.74) is 5.08. The van der Waals surface area contributed by atoms with E-state index in [1.165, 1.54) is 0 Å². The van der Waals surface area contributed by atoms with Crippen LogP contribution in [0.15, 0.2) is 63.4 Å². The third kappa shape index (κ3) is 5.33. The number of halogens is 2. The van der Waals surface area contributed by atoms with E-state index in [2.05, 4.69) is 71.5 Å². The molecule has 2 aromatic carbocycles. The van der Waals surface area contributed by atoms with Gasteiger partial charge in [0.1, 0.15) is 6.61 Å². The van der Waals surface area contributed by atoms with E-state index in [4.69, 9.17) is 9.47 Å². The van der Waals surface area contributed by atoms with Crippen molar-refractivity contribution in [1.29, 1.82) is 0 Å². The first-order valence-corrected chi connectivity index (χ1v) is 14.8. The number of methoxy groups -OCH3 is 1. The SMILES string of the molecule is COc1cc(C2C3=C(CC(C)(C)CC3=O)NC3=C2C(=O)CC(C)(C)C3)cc(I)c1OCc1ccc(Br)cc1. The lowest BCUT2D eigenvalue weighted by atomic mass is 9.64. The Morgan fingerprint density at radius 1 is 0.921 bits per heavy atom. The number of hydrogen-bond acceptors (Lipinski definition) is 5. The fourth-order valence-corrected chi connectivity index (χ4v) is 7.05. The smallest absolute Gasteiger partial charge is 0.174 e. The zero-order chi connectivity index (χ0) is 27.4. The molecular formula is C31H33BrINO4. The van der Waals surface area contributed by atoms with E-state index < -0.39 is 5.92 Å². The number of carbonyl (C=O) groups excluding carboxylic acids is 2. The van der Waals surface area contributed by atoms with Gasteiger partial charge in [0.05, 0.1) is 10.7 Å². The van der Waals surface area contributed by atoms with Gasteiger partial charge in [0.25, 0.3) is 0 Å². The number of dihydropyridines is 1. The maximum atomic E-state index is 13.6. The molecule has 0 spiro atoms. The van der Waals surface area contributed by atoms with Crippen molar-refractivity contribution < 1.29 is 19.1 Å². The summed E-state index contributed by atoms with van der Waals surface area (Å²) >= 11 is 5.74. The second-order valence-corrected chi connectivity index (χ2v) is 14.3. The number of rotatable bonds is 5. The van der Waals surface area contributed by atoms with Gasteiger partial charge in [-0.1, -0.05) is 55.8 Å². The van der Waals surface area contributed by atoms with Crippen LogP contribution in [0.4, 0.5) is 0 Å². The van der Waals surface area contributed by atoms with Gasteiger partial charge >= 0.3 is 0 Å². The Morgan fingerprint density at radius 3 is 2.00 bits per heavy atom. The van der Waals surface area contributed by atoms with Gasteiger partial charge in [-0.15, -0.1) is 0 Å². The first-order chi connectivity index (χ1) is 17.9. The molecule has 7 heteroatoms. The number of ketones is 2. The van der Waals surface area contributed by atoms with E-state index >= 15 is 0 Å². The van der Waals surface area contributed by atoms with Crippen LogP contribution in [0.25, 0.3) is 0 Å². The Hall–Kier alpha value is -2.13. The van der Waals surface area contributed by atoms with Gasteiger partial charge in [-0.2, -0.15) is 0 Å². The van der Waals surface area contributed by atoms with Crippen LogP contribution in [0.3, 0.4) is 0 Å². The average Bonchev–Trinajstić information content (AvgIpc) is 2.81. The molecule has 0 unspecified atom stereocenters. The lowest BCUT2D eigenvalue weighted by Crippen LogP contribution is -2.42. The molecule has 0 radical (unpaired) electrons. The number of benzene rings is 2. The topological polar surface area (TPSA) is 64.6 Å². The number of carbonyl (C=O) groups is 2. The van der Waals surface area contributed by atoms with Gasteiger partial charge in [-0.05, 0) is 81.7 Å². The number of hydrogen-bond donors (Lipinski definition) is 1. The molecule has 2 aliphatic carbocycles. The third-order valence-corrected chi connectivity index (χ3v) is 8.93. The second-order valence-electron chi connectivity index (χ2n) is 12.2. The fraction of sp³-hybridized carbons (Fsp3) is 0.419. The molecule has 0 aromatic heterocycles. The summed E-state index contributed by atoms with van der Waals surface area (Å²) in [5, 5.41) is 3.58. The van der Waals surface area contributed by atoms with Gasteiger partial charge < -0.3 is 14.8 Å². The van der Waals surface area contributed by atoms with Gasteiger partial charge in [0.2, 0.25) is 0 Å². The van der Waals surface area contributed by atoms with E-state index in [-0.39, 0.29) is 22.4 Å². The monoisotopic (exact) mass is 689 g/mol. The summed E-state index contributed by atoms with van der Waals surface area (Å²) in [5.74, 6) is 1.07. The summed E-state index contributed by atoms with van der Waals surface area (Å²) in [7, 11) is 1.63. The Balaban J connectivity index is 1.59. The molecule has 0 saturated heterocycles. The molecule has 5 rings (SSSR count). The highest BCUT2D eigenvalue weighted by molar-refractivity contribution is 14.1. The first-order valence-electron chi connectivity index (χ1n) is 12.9. The summed E-state index contributed by atoms with van der Waals surface area (Å²) < 4.78 is 13.9. The molecule has 0 atom stereocenters. The van der Waals surface area contributed by atoms with Crippen LogP contribution in [0.5, 0.6) is 11.5 Å². The van der Waals surface area contributed by atoms with E-state index in [1.807, 2.05) is 36.4 Å². The first kappa shape index (κ1) is 27.4. The van der Waals surface area contributed by atoms with Crippen LogP contribution in [-0.2, 0) is 16.2 Å². The number of Topliss-reactive ketones (excluding diaryl/α,β-unsaturated/α-hetero) is 2. The van der Waals surface area contributed by atoms with Crippen molar-refractivity contribution in [2.45, 2.75) is 65.9 Å². The highest BCUT2D eigenvalue weighted by atomic mass is 127. The van der Waals surface area contributed by atoms with Crippen LogP contribution < -0.4 is 14.8 Å². The van der Waals surface area contributed by atoms with Crippen LogP contribution in [-0.4, -0.2) is 18.7 Å². The van der Waals surface area contributed by atoms with Crippen molar-refractivity contribution in [3.05, 3.63) is 78.1 Å². The van der Waals surface area contributed by atoms with Crippen LogP contribution >= 0.6 is 38.5 Å². The largest absolute Gasteiger partial charge is 0.493 e. The third-order valence-electron chi connectivity index (χ3n) is 7.60. The summed E-state index contributed by atoms with van der Waals surface area (Å²) in [6, 6.07) is 12.0. The van der Waals surface area contributed by atoms with E-state index in [0.717, 1.165) is 54.6 Å². The quantitative estimate of drug-likeness (QED) is 0.328. The summed E-state index contributed by atoms with van der Waals surface area (Å²) in [6.07, 6.45) is 2.49. The standard InChI is InChI=1S/C31H33BrINO4/c1-30(2)12-21-27(23(35)14-30)26(28-22(34-21)13-31(3,4)15-24(28)36)18-10-20(33)29(25(11-18)37-5)38-16-17-6-8-19(32)9-7-17/h6-11,26,34H,12-16H2,1-5H3. The van der Waals surface area contributed by atoms with Crippen molar-refractivity contribution in [2.75, 3.05) is 7.11 Å². The van der Waals surface area contributed by atoms with E-state index in [1.54, 1.807) is 7.11 Å². The number of nitrogens with one attached hydrogen (secondary N) is 1. The molecular weight excluding hydrogens is 657 g/mol. The molecule has 3 aliphatic rings. The van der Waals surface area contributed by atoms with Gasteiger partial charge in [0, 0.05) is 45.8 Å². The highest BCUT2D eigenvalue weighted by Gasteiger charge is 2.46. The van der Waals surface area contributed by atoms with Crippen molar-refractivity contribution >= 4 is 50.1 Å². The molecule has 0 bridgehead atoms. The predicted octanol–water partition coefficient (Wildman–Crippen LogP) is 7.61. The molecule has 38 heavy (non-hydrogen) atoms. The van der Waals surface area contributed by atoms with Crippen LogP contribution in [0, 0.1) is 14.4 Å². The van der Waals surface area contributed by atoms with Gasteiger partial charge in [-0.25, -0.2) is 0 Å². The van der Waals surface area contributed by atoms with Gasteiger partial charge in [0.15, 0.2) is 23.1 Å². The van der Waals surface area contributed by atoms with Crippen LogP contribution in [0.2, 0.25) is 0 Å². The molecule has 1 aliphatic heterocycles. The lowest BCUT2D eigenvalue weighted by molar-refractivity contribution is -0.119. The van der Waals surface area contributed by atoms with Crippen molar-refractivity contribution in [3.63, 3.8) is 0 Å². The molecule has 2 aromatic rings.